The van der Waals surface area contributed by atoms with E-state index < -0.39 is 12.2 Å². The van der Waals surface area contributed by atoms with E-state index in [0.717, 1.165) is 16.5 Å². The second-order valence-electron chi connectivity index (χ2n) is 6.25. The minimum absolute atomic E-state index is 0.0131. The zero-order valence-corrected chi connectivity index (χ0v) is 13.2. The van der Waals surface area contributed by atoms with Crippen LogP contribution in [0.15, 0.2) is 24.4 Å². The third-order valence-electron chi connectivity index (χ3n) is 4.36. The number of piperidine rings is 1. The monoisotopic (exact) mass is 340 g/mol. The highest BCUT2D eigenvalue weighted by molar-refractivity contribution is 5.78. The fourth-order valence-corrected chi connectivity index (χ4v) is 3.31. The van der Waals surface area contributed by atoms with Gasteiger partial charge in [0.1, 0.15) is 6.04 Å². The summed E-state index contributed by atoms with van der Waals surface area (Å²) < 4.78 is 40.0. The molecule has 3 rings (SSSR count). The van der Waals surface area contributed by atoms with Crippen LogP contribution in [0.25, 0.3) is 10.9 Å². The molecule has 0 bridgehead atoms. The minimum Gasteiger partial charge on any atom is -0.352 e. The lowest BCUT2D eigenvalue weighted by atomic mass is 9.96. The van der Waals surface area contributed by atoms with E-state index >= 15 is 0 Å². The van der Waals surface area contributed by atoms with Crippen LogP contribution in [0.4, 0.5) is 13.2 Å². The van der Waals surface area contributed by atoms with Gasteiger partial charge in [-0.3, -0.25) is 14.8 Å². The van der Waals surface area contributed by atoms with Gasteiger partial charge >= 0.3 is 6.18 Å². The van der Waals surface area contributed by atoms with Gasteiger partial charge in [-0.15, -0.1) is 0 Å². The summed E-state index contributed by atoms with van der Waals surface area (Å²) in [5.41, 5.74) is 1.58. The number of hydrogen-bond donors (Lipinski definition) is 2. The Labute approximate surface area is 137 Å². The fraction of sp³-hybridized carbons (Fsp3) is 0.500. The quantitative estimate of drug-likeness (QED) is 0.903. The highest BCUT2D eigenvalue weighted by Crippen LogP contribution is 2.33. The van der Waals surface area contributed by atoms with Gasteiger partial charge < -0.3 is 5.32 Å². The van der Waals surface area contributed by atoms with Crippen molar-refractivity contribution in [2.45, 2.75) is 44.6 Å². The maximum atomic E-state index is 13.3. The molecule has 2 aromatic rings. The van der Waals surface area contributed by atoms with Crippen molar-refractivity contribution in [1.82, 2.24) is 20.4 Å². The summed E-state index contributed by atoms with van der Waals surface area (Å²) in [6.45, 7) is 1.74. The molecule has 130 valence electrons. The number of rotatable bonds is 3. The molecule has 2 heterocycles. The van der Waals surface area contributed by atoms with E-state index in [2.05, 4.69) is 15.5 Å². The largest absolute Gasteiger partial charge is 0.404 e. The number of H-pyrrole nitrogens is 1. The molecule has 1 aromatic heterocycles. The van der Waals surface area contributed by atoms with Crippen LogP contribution in [-0.2, 0) is 11.3 Å². The molecular weight excluding hydrogens is 321 g/mol. The van der Waals surface area contributed by atoms with E-state index in [0.29, 0.717) is 6.42 Å². The number of nitrogens with zero attached hydrogens (tertiary/aromatic N) is 2. The van der Waals surface area contributed by atoms with Gasteiger partial charge in [0.05, 0.1) is 11.7 Å². The molecular formula is C16H19F3N4O. The van der Waals surface area contributed by atoms with E-state index in [1.807, 2.05) is 18.2 Å². The predicted octanol–water partition coefficient (Wildman–Crippen LogP) is 2.59. The first-order chi connectivity index (χ1) is 11.3. The predicted molar refractivity (Wildman–Crippen MR) is 83.2 cm³/mol. The Morgan fingerprint density at radius 2 is 2.21 bits per heavy atom. The number of aromatic nitrogens is 2. The average Bonchev–Trinajstić information content (AvgIpc) is 2.93. The third-order valence-corrected chi connectivity index (χ3v) is 4.36. The van der Waals surface area contributed by atoms with Crippen LogP contribution in [-0.4, -0.2) is 45.8 Å². The normalized spacial score (nSPS) is 22.7. The molecule has 0 unspecified atom stereocenters. The Hall–Kier alpha value is -2.09. The SMILES string of the molecule is CC(=O)N[C@@H]1CC[C@@H](C(F)(F)F)N(Cc2ccc3cn[nH]c3c2)C1. The first-order valence-electron chi connectivity index (χ1n) is 7.83. The van der Waals surface area contributed by atoms with Crippen molar-refractivity contribution >= 4 is 16.8 Å². The molecule has 24 heavy (non-hydrogen) atoms. The number of aromatic amines is 1. The molecule has 1 aliphatic heterocycles. The van der Waals surface area contributed by atoms with Gasteiger partial charge in [-0.1, -0.05) is 12.1 Å². The van der Waals surface area contributed by atoms with E-state index in [-0.39, 0.29) is 31.5 Å². The maximum absolute atomic E-state index is 13.3. The molecule has 0 spiro atoms. The summed E-state index contributed by atoms with van der Waals surface area (Å²) in [7, 11) is 0. The lowest BCUT2D eigenvalue weighted by molar-refractivity contribution is -0.194. The van der Waals surface area contributed by atoms with Crippen molar-refractivity contribution < 1.29 is 18.0 Å². The van der Waals surface area contributed by atoms with Crippen LogP contribution in [0.5, 0.6) is 0 Å². The second-order valence-corrected chi connectivity index (χ2v) is 6.25. The molecule has 1 fully saturated rings. The van der Waals surface area contributed by atoms with E-state index in [1.54, 1.807) is 6.20 Å². The smallest absolute Gasteiger partial charge is 0.352 e. The summed E-state index contributed by atoms with van der Waals surface area (Å²) in [5, 5.41) is 10.4. The fourth-order valence-electron chi connectivity index (χ4n) is 3.31. The van der Waals surface area contributed by atoms with Crippen LogP contribution < -0.4 is 5.32 Å². The minimum atomic E-state index is -4.28. The number of fused-ring (bicyclic) bond motifs is 1. The Balaban J connectivity index is 1.80. The zero-order valence-electron chi connectivity index (χ0n) is 13.2. The highest BCUT2D eigenvalue weighted by Gasteiger charge is 2.46. The molecule has 0 radical (unpaired) electrons. The summed E-state index contributed by atoms with van der Waals surface area (Å²) in [6.07, 6.45) is -2.29. The highest BCUT2D eigenvalue weighted by atomic mass is 19.4. The number of nitrogens with one attached hydrogen (secondary N) is 2. The van der Waals surface area contributed by atoms with Crippen LogP contribution >= 0.6 is 0 Å². The van der Waals surface area contributed by atoms with Gasteiger partial charge in [0, 0.05) is 31.4 Å². The van der Waals surface area contributed by atoms with Crippen molar-refractivity contribution in [3.8, 4) is 0 Å². The summed E-state index contributed by atoms with van der Waals surface area (Å²) in [5.74, 6) is -0.218. The van der Waals surface area contributed by atoms with E-state index in [1.165, 1.54) is 11.8 Å². The van der Waals surface area contributed by atoms with Crippen LogP contribution in [0.3, 0.4) is 0 Å². The van der Waals surface area contributed by atoms with Crippen LogP contribution in [0.2, 0.25) is 0 Å². The van der Waals surface area contributed by atoms with Gasteiger partial charge in [-0.25, -0.2) is 0 Å². The molecule has 5 nitrogen and oxygen atoms in total. The molecule has 0 aliphatic carbocycles. The number of halogens is 3. The Kier molecular flexibility index (Phi) is 4.49. The van der Waals surface area contributed by atoms with Gasteiger partial charge in [-0.2, -0.15) is 18.3 Å². The lowest BCUT2D eigenvalue weighted by Crippen LogP contribution is -2.55. The lowest BCUT2D eigenvalue weighted by Gasteiger charge is -2.40. The summed E-state index contributed by atoms with van der Waals surface area (Å²) in [6, 6.07) is 3.73. The van der Waals surface area contributed by atoms with Crippen molar-refractivity contribution in [2.24, 2.45) is 0 Å². The number of likely N-dealkylation sites (tertiary alicyclic amines) is 1. The van der Waals surface area contributed by atoms with Gasteiger partial charge in [0.15, 0.2) is 0 Å². The number of amides is 1. The van der Waals surface area contributed by atoms with Crippen LogP contribution in [0.1, 0.15) is 25.3 Å². The first-order valence-corrected chi connectivity index (χ1v) is 7.83. The molecule has 2 N–H and O–H groups in total. The summed E-state index contributed by atoms with van der Waals surface area (Å²) >= 11 is 0. The number of benzene rings is 1. The molecule has 1 aliphatic rings. The Morgan fingerprint density at radius 1 is 1.42 bits per heavy atom. The standard InChI is InChI=1S/C16H19F3N4O/c1-10(24)21-13-4-5-15(16(17,18)19)23(9-13)8-11-2-3-12-7-20-22-14(12)6-11/h2-3,6-7,13,15H,4-5,8-9H2,1H3,(H,20,22)(H,21,24)/t13-,15+/m1/s1. The van der Waals surface area contributed by atoms with E-state index in [4.69, 9.17) is 0 Å². The van der Waals surface area contributed by atoms with Crippen molar-refractivity contribution in [1.29, 1.82) is 0 Å². The summed E-state index contributed by atoms with van der Waals surface area (Å²) in [4.78, 5) is 12.6. The van der Waals surface area contributed by atoms with E-state index in [9.17, 15) is 18.0 Å². The number of carbonyl (C=O) groups excluding carboxylic acids is 1. The zero-order chi connectivity index (χ0) is 17.3. The van der Waals surface area contributed by atoms with Crippen molar-refractivity contribution in [2.75, 3.05) is 6.54 Å². The van der Waals surface area contributed by atoms with Crippen molar-refractivity contribution in [3.05, 3.63) is 30.0 Å². The average molecular weight is 340 g/mol. The molecule has 0 saturated carbocycles. The number of hydrogen-bond acceptors (Lipinski definition) is 3. The molecule has 1 saturated heterocycles. The van der Waals surface area contributed by atoms with Gasteiger partial charge in [-0.05, 0) is 24.5 Å². The molecule has 8 heteroatoms. The molecule has 1 amide bonds. The van der Waals surface area contributed by atoms with Crippen molar-refractivity contribution in [3.63, 3.8) is 0 Å². The Bertz CT molecular complexity index is 727. The Morgan fingerprint density at radius 3 is 2.92 bits per heavy atom. The topological polar surface area (TPSA) is 61.0 Å². The first kappa shape index (κ1) is 16.8. The molecule has 2 atom stereocenters. The number of alkyl halides is 3. The number of carbonyl (C=O) groups is 1. The van der Waals surface area contributed by atoms with Crippen LogP contribution in [0, 0.1) is 0 Å². The van der Waals surface area contributed by atoms with Gasteiger partial charge in [0.2, 0.25) is 5.91 Å². The molecule has 1 aromatic carbocycles. The maximum Gasteiger partial charge on any atom is 0.404 e. The second kappa shape index (κ2) is 6.43. The third kappa shape index (κ3) is 3.69. The van der Waals surface area contributed by atoms with Gasteiger partial charge in [0.25, 0.3) is 0 Å².